The lowest BCUT2D eigenvalue weighted by atomic mass is 9.86. The van der Waals surface area contributed by atoms with E-state index < -0.39 is 0 Å². The fourth-order valence-corrected chi connectivity index (χ4v) is 3.20. The van der Waals surface area contributed by atoms with Crippen molar-refractivity contribution in [2.45, 2.75) is 71.4 Å². The third kappa shape index (κ3) is 4.07. The quantitative estimate of drug-likeness (QED) is 0.799. The van der Waals surface area contributed by atoms with Crippen LogP contribution in [0.15, 0.2) is 24.3 Å². The van der Waals surface area contributed by atoms with Crippen LogP contribution in [0.5, 0.6) is 0 Å². The van der Waals surface area contributed by atoms with E-state index in [9.17, 15) is 0 Å². The van der Waals surface area contributed by atoms with E-state index in [0.717, 1.165) is 5.92 Å². The van der Waals surface area contributed by atoms with E-state index in [4.69, 9.17) is 0 Å². The lowest BCUT2D eigenvalue weighted by Gasteiger charge is -2.30. The van der Waals surface area contributed by atoms with Crippen LogP contribution in [-0.2, 0) is 0 Å². The van der Waals surface area contributed by atoms with Gasteiger partial charge in [0.05, 0.1) is 0 Å². The number of hydrogen-bond donors (Lipinski definition) is 1. The molecule has 0 radical (unpaired) electrons. The second-order valence-electron chi connectivity index (χ2n) is 6.68. The molecule has 0 amide bonds. The van der Waals surface area contributed by atoms with Gasteiger partial charge in [-0.3, -0.25) is 0 Å². The fourth-order valence-electron chi connectivity index (χ4n) is 3.20. The minimum atomic E-state index is 0.469. The van der Waals surface area contributed by atoms with Crippen LogP contribution in [0.25, 0.3) is 0 Å². The molecule has 1 aliphatic carbocycles. The molecule has 3 unspecified atom stereocenters. The fraction of sp³-hybridized carbons (Fsp3) is 0.667. The second kappa shape index (κ2) is 6.56. The topological polar surface area (TPSA) is 12.0 Å². The predicted molar refractivity (Wildman–Crippen MR) is 83.5 cm³/mol. The number of rotatable bonds is 4. The van der Waals surface area contributed by atoms with E-state index in [-0.39, 0.29) is 0 Å². The first kappa shape index (κ1) is 14.6. The van der Waals surface area contributed by atoms with E-state index in [1.165, 1.54) is 36.8 Å². The maximum absolute atomic E-state index is 3.81. The van der Waals surface area contributed by atoms with Gasteiger partial charge in [-0.15, -0.1) is 0 Å². The van der Waals surface area contributed by atoms with Crippen molar-refractivity contribution in [2.75, 3.05) is 0 Å². The van der Waals surface area contributed by atoms with Crippen molar-refractivity contribution in [1.82, 2.24) is 5.32 Å². The molecule has 1 nitrogen and oxygen atoms in total. The van der Waals surface area contributed by atoms with Crippen LogP contribution in [-0.4, -0.2) is 6.04 Å². The molecular weight excluding hydrogens is 230 g/mol. The van der Waals surface area contributed by atoms with Crippen molar-refractivity contribution >= 4 is 0 Å². The van der Waals surface area contributed by atoms with Crippen LogP contribution in [0, 0.1) is 5.92 Å². The number of hydrogen-bond acceptors (Lipinski definition) is 1. The van der Waals surface area contributed by atoms with Gasteiger partial charge in [0, 0.05) is 12.1 Å². The minimum absolute atomic E-state index is 0.469. The van der Waals surface area contributed by atoms with Crippen molar-refractivity contribution in [3.63, 3.8) is 0 Å². The summed E-state index contributed by atoms with van der Waals surface area (Å²) in [7, 11) is 0. The molecule has 3 atom stereocenters. The Balaban J connectivity index is 1.93. The molecule has 0 bridgehead atoms. The second-order valence-corrected chi connectivity index (χ2v) is 6.68. The molecule has 0 spiro atoms. The zero-order chi connectivity index (χ0) is 13.8. The Morgan fingerprint density at radius 1 is 1.00 bits per heavy atom. The first-order chi connectivity index (χ1) is 9.06. The normalized spacial score (nSPS) is 25.5. The van der Waals surface area contributed by atoms with Gasteiger partial charge in [-0.1, -0.05) is 57.9 Å². The molecule has 1 aromatic rings. The van der Waals surface area contributed by atoms with Gasteiger partial charge in [-0.2, -0.15) is 0 Å². The van der Waals surface area contributed by atoms with Gasteiger partial charge in [0.1, 0.15) is 0 Å². The summed E-state index contributed by atoms with van der Waals surface area (Å²) in [6.07, 6.45) is 5.49. The van der Waals surface area contributed by atoms with Gasteiger partial charge in [0.15, 0.2) is 0 Å². The van der Waals surface area contributed by atoms with Gasteiger partial charge >= 0.3 is 0 Å². The molecule has 0 saturated heterocycles. The third-order valence-electron chi connectivity index (χ3n) is 4.53. The van der Waals surface area contributed by atoms with Crippen molar-refractivity contribution in [1.29, 1.82) is 0 Å². The van der Waals surface area contributed by atoms with Crippen LogP contribution in [0.4, 0.5) is 0 Å². The Hall–Kier alpha value is -0.820. The van der Waals surface area contributed by atoms with Gasteiger partial charge in [0.2, 0.25) is 0 Å². The molecule has 106 valence electrons. The third-order valence-corrected chi connectivity index (χ3v) is 4.53. The summed E-state index contributed by atoms with van der Waals surface area (Å²) in [5.41, 5.74) is 2.85. The standard InChI is InChI=1S/C18H29N/c1-13(2)16-8-10-17(11-9-16)15(4)19-18-7-5-6-14(3)12-18/h8-11,13-15,18-19H,5-7,12H2,1-4H3. The van der Waals surface area contributed by atoms with E-state index in [1.807, 2.05) is 0 Å². The molecule has 1 fully saturated rings. The molecule has 1 N–H and O–H groups in total. The maximum Gasteiger partial charge on any atom is 0.0294 e. The van der Waals surface area contributed by atoms with Crippen molar-refractivity contribution in [2.24, 2.45) is 5.92 Å². The molecule has 1 heteroatoms. The molecule has 1 aromatic carbocycles. The summed E-state index contributed by atoms with van der Waals surface area (Å²) in [6.45, 7) is 9.18. The zero-order valence-electron chi connectivity index (χ0n) is 12.9. The van der Waals surface area contributed by atoms with Crippen LogP contribution in [0.3, 0.4) is 0 Å². The highest BCUT2D eigenvalue weighted by Gasteiger charge is 2.20. The highest BCUT2D eigenvalue weighted by atomic mass is 14.9. The summed E-state index contributed by atoms with van der Waals surface area (Å²) in [4.78, 5) is 0. The Morgan fingerprint density at radius 2 is 1.63 bits per heavy atom. The maximum atomic E-state index is 3.81. The Bertz CT molecular complexity index is 379. The summed E-state index contributed by atoms with van der Waals surface area (Å²) in [5.74, 6) is 1.51. The first-order valence-corrected chi connectivity index (χ1v) is 7.92. The highest BCUT2D eigenvalue weighted by molar-refractivity contribution is 5.26. The molecular formula is C18H29N. The smallest absolute Gasteiger partial charge is 0.0294 e. The summed E-state index contributed by atoms with van der Waals surface area (Å²) in [5, 5.41) is 3.81. The molecule has 19 heavy (non-hydrogen) atoms. The van der Waals surface area contributed by atoms with E-state index in [0.29, 0.717) is 18.0 Å². The molecule has 0 aliphatic heterocycles. The molecule has 0 aromatic heterocycles. The van der Waals surface area contributed by atoms with Crippen LogP contribution < -0.4 is 5.32 Å². The SMILES string of the molecule is CC1CCCC(NC(C)c2ccc(C(C)C)cc2)C1. The van der Waals surface area contributed by atoms with Gasteiger partial charge in [-0.25, -0.2) is 0 Å². The van der Waals surface area contributed by atoms with E-state index in [2.05, 4.69) is 57.3 Å². The summed E-state index contributed by atoms with van der Waals surface area (Å²) >= 11 is 0. The average Bonchev–Trinajstić information content (AvgIpc) is 2.39. The van der Waals surface area contributed by atoms with E-state index in [1.54, 1.807) is 0 Å². The molecule has 1 saturated carbocycles. The average molecular weight is 259 g/mol. The summed E-state index contributed by atoms with van der Waals surface area (Å²) in [6, 6.07) is 10.3. The van der Waals surface area contributed by atoms with E-state index >= 15 is 0 Å². The number of nitrogens with one attached hydrogen (secondary N) is 1. The van der Waals surface area contributed by atoms with Crippen molar-refractivity contribution in [3.05, 3.63) is 35.4 Å². The monoisotopic (exact) mass is 259 g/mol. The lowest BCUT2D eigenvalue weighted by molar-refractivity contribution is 0.285. The zero-order valence-corrected chi connectivity index (χ0v) is 12.9. The Kier molecular flexibility index (Phi) is 5.04. The van der Waals surface area contributed by atoms with Crippen molar-refractivity contribution in [3.8, 4) is 0 Å². The molecule has 1 aliphatic rings. The number of benzene rings is 1. The predicted octanol–water partition coefficient (Wildman–Crippen LogP) is 5.04. The minimum Gasteiger partial charge on any atom is -0.307 e. The Labute approximate surface area is 118 Å². The van der Waals surface area contributed by atoms with Crippen LogP contribution in [0.2, 0.25) is 0 Å². The lowest BCUT2D eigenvalue weighted by Crippen LogP contribution is -2.35. The van der Waals surface area contributed by atoms with Gasteiger partial charge in [-0.05, 0) is 42.7 Å². The van der Waals surface area contributed by atoms with Gasteiger partial charge in [0.25, 0.3) is 0 Å². The largest absolute Gasteiger partial charge is 0.307 e. The highest BCUT2D eigenvalue weighted by Crippen LogP contribution is 2.26. The summed E-state index contributed by atoms with van der Waals surface area (Å²) < 4.78 is 0. The van der Waals surface area contributed by atoms with Crippen LogP contribution >= 0.6 is 0 Å². The first-order valence-electron chi connectivity index (χ1n) is 7.92. The molecule has 2 rings (SSSR count). The van der Waals surface area contributed by atoms with Gasteiger partial charge < -0.3 is 5.32 Å². The molecule has 0 heterocycles. The Morgan fingerprint density at radius 3 is 2.21 bits per heavy atom. The van der Waals surface area contributed by atoms with Crippen LogP contribution in [0.1, 0.15) is 76.5 Å². The van der Waals surface area contributed by atoms with Crippen molar-refractivity contribution < 1.29 is 0 Å².